The first-order valence-corrected chi connectivity index (χ1v) is 15.5. The van der Waals surface area contributed by atoms with Gasteiger partial charge in [0.2, 0.25) is 12.7 Å². The van der Waals surface area contributed by atoms with Crippen LogP contribution in [-0.4, -0.2) is 74.9 Å². The molecule has 11 heteroatoms. The van der Waals surface area contributed by atoms with E-state index in [-0.39, 0.29) is 48.7 Å². The smallest absolute Gasteiger partial charge is 0.261 e. The van der Waals surface area contributed by atoms with Crippen molar-refractivity contribution in [3.63, 3.8) is 0 Å². The quantitative estimate of drug-likeness (QED) is 0.386. The zero-order valence-electron chi connectivity index (χ0n) is 24.0. The molecule has 3 aromatic rings. The second kappa shape index (κ2) is 12.6. The summed E-state index contributed by atoms with van der Waals surface area (Å²) in [6, 6.07) is 18.6. The van der Waals surface area contributed by atoms with E-state index < -0.39 is 10.0 Å². The number of carbonyl (C=O) groups excluding carboxylic acids is 1. The van der Waals surface area contributed by atoms with E-state index in [1.54, 1.807) is 41.3 Å². The van der Waals surface area contributed by atoms with E-state index in [4.69, 9.17) is 14.2 Å². The van der Waals surface area contributed by atoms with Gasteiger partial charge < -0.3 is 24.2 Å². The van der Waals surface area contributed by atoms with E-state index in [2.05, 4.69) is 9.62 Å². The minimum absolute atomic E-state index is 0.00700. The molecule has 0 fully saturated rings. The Kier molecular flexibility index (Phi) is 8.91. The van der Waals surface area contributed by atoms with E-state index in [0.717, 1.165) is 17.1 Å². The summed E-state index contributed by atoms with van der Waals surface area (Å²) in [4.78, 5) is 17.5. The van der Waals surface area contributed by atoms with Gasteiger partial charge >= 0.3 is 0 Å². The Morgan fingerprint density at radius 2 is 1.79 bits per heavy atom. The summed E-state index contributed by atoms with van der Waals surface area (Å²) in [5.41, 5.74) is 1.97. The standard InChI is InChI=1S/C31H37N3O7S/c1-21-16-34(22(2)19-35)31(36)15-24-14-25(32-42(37,38)26-7-5-4-6-8-26)10-12-27(24)41-30(21)18-33(3)17-23-9-11-28-29(13-23)40-20-39-28/h4-14,21-22,30,32,35H,15-20H2,1-3H3/t21-,22-,30+/m0/s1. The number of likely N-dealkylation sites (N-methyl/N-ethyl adjacent to an activating group) is 1. The number of benzene rings is 3. The molecule has 42 heavy (non-hydrogen) atoms. The predicted molar refractivity (Wildman–Crippen MR) is 158 cm³/mol. The van der Waals surface area contributed by atoms with Crippen LogP contribution >= 0.6 is 0 Å². The number of anilines is 1. The largest absolute Gasteiger partial charge is 0.488 e. The fraction of sp³-hybridized carbons (Fsp3) is 0.387. The van der Waals surface area contributed by atoms with E-state index >= 15 is 0 Å². The van der Waals surface area contributed by atoms with Crippen molar-refractivity contribution in [1.29, 1.82) is 0 Å². The Bertz CT molecular complexity index is 1520. The van der Waals surface area contributed by atoms with Crippen molar-refractivity contribution in [2.24, 2.45) is 5.92 Å². The highest BCUT2D eigenvalue weighted by molar-refractivity contribution is 7.92. The lowest BCUT2D eigenvalue weighted by molar-refractivity contribution is -0.134. The lowest BCUT2D eigenvalue weighted by Crippen LogP contribution is -2.47. The second-order valence-corrected chi connectivity index (χ2v) is 12.7. The number of rotatable bonds is 9. The number of carbonyl (C=O) groups is 1. The van der Waals surface area contributed by atoms with E-state index in [9.17, 15) is 18.3 Å². The molecule has 0 aliphatic carbocycles. The van der Waals surface area contributed by atoms with E-state index in [0.29, 0.717) is 36.6 Å². The zero-order valence-corrected chi connectivity index (χ0v) is 24.8. The number of sulfonamides is 1. The second-order valence-electron chi connectivity index (χ2n) is 11.0. The van der Waals surface area contributed by atoms with Crippen LogP contribution in [0.1, 0.15) is 25.0 Å². The molecule has 5 rings (SSSR count). The summed E-state index contributed by atoms with van der Waals surface area (Å²) in [5, 5.41) is 9.91. The number of nitrogens with zero attached hydrogens (tertiary/aromatic N) is 2. The number of nitrogens with one attached hydrogen (secondary N) is 1. The first-order valence-electron chi connectivity index (χ1n) is 14.0. The number of hydrogen-bond donors (Lipinski definition) is 2. The van der Waals surface area contributed by atoms with Crippen molar-refractivity contribution in [3.05, 3.63) is 77.9 Å². The van der Waals surface area contributed by atoms with Gasteiger partial charge in [0.05, 0.1) is 24.0 Å². The van der Waals surface area contributed by atoms with Crippen LogP contribution in [0.3, 0.4) is 0 Å². The number of fused-ring (bicyclic) bond motifs is 2. The molecule has 0 radical (unpaired) electrons. The maximum absolute atomic E-state index is 13.5. The molecule has 224 valence electrons. The summed E-state index contributed by atoms with van der Waals surface area (Å²) in [6.07, 6.45) is -0.290. The fourth-order valence-corrected chi connectivity index (χ4v) is 6.32. The lowest BCUT2D eigenvalue weighted by Gasteiger charge is -2.34. The monoisotopic (exact) mass is 595 g/mol. The molecule has 0 saturated heterocycles. The molecule has 2 aliphatic heterocycles. The maximum atomic E-state index is 13.5. The van der Waals surface area contributed by atoms with Gasteiger partial charge in [0.15, 0.2) is 11.5 Å². The topological polar surface area (TPSA) is 118 Å². The SMILES string of the molecule is C[C@H]1CN([C@@H](C)CO)C(=O)Cc2cc(NS(=O)(=O)c3ccccc3)ccc2O[C@@H]1CN(C)Cc1ccc2c(c1)OCO2. The van der Waals surface area contributed by atoms with Crippen LogP contribution in [0, 0.1) is 5.92 Å². The average Bonchev–Trinajstić information content (AvgIpc) is 3.45. The zero-order chi connectivity index (χ0) is 29.9. The number of aliphatic hydroxyl groups excluding tert-OH is 1. The summed E-state index contributed by atoms with van der Waals surface area (Å²) < 4.78 is 46.1. The van der Waals surface area contributed by atoms with Crippen molar-refractivity contribution in [3.8, 4) is 17.2 Å². The molecule has 0 bridgehead atoms. The highest BCUT2D eigenvalue weighted by Gasteiger charge is 2.31. The van der Waals surface area contributed by atoms with Crippen molar-refractivity contribution < 1.29 is 32.5 Å². The van der Waals surface area contributed by atoms with Crippen LogP contribution in [0.15, 0.2) is 71.6 Å². The van der Waals surface area contributed by atoms with E-state index in [1.807, 2.05) is 39.1 Å². The minimum Gasteiger partial charge on any atom is -0.488 e. The van der Waals surface area contributed by atoms with Gasteiger partial charge in [-0.1, -0.05) is 31.2 Å². The molecule has 3 atom stereocenters. The van der Waals surface area contributed by atoms with Crippen molar-refractivity contribution in [2.45, 2.75) is 43.9 Å². The first-order chi connectivity index (χ1) is 20.1. The average molecular weight is 596 g/mol. The van der Waals surface area contributed by atoms with Crippen LogP contribution in [0.5, 0.6) is 17.2 Å². The molecule has 0 aromatic heterocycles. The Morgan fingerprint density at radius 1 is 1.05 bits per heavy atom. The Balaban J connectivity index is 1.40. The number of ether oxygens (including phenoxy) is 3. The summed E-state index contributed by atoms with van der Waals surface area (Å²) in [6.45, 7) is 5.52. The molecular formula is C31H37N3O7S. The Hall–Kier alpha value is -3.80. The first kappa shape index (κ1) is 29.7. The number of amides is 1. The van der Waals surface area contributed by atoms with E-state index in [1.165, 1.54) is 12.1 Å². The lowest BCUT2D eigenvalue weighted by atomic mass is 10.0. The van der Waals surface area contributed by atoms with Crippen molar-refractivity contribution >= 4 is 21.6 Å². The molecule has 10 nitrogen and oxygen atoms in total. The molecular weight excluding hydrogens is 558 g/mol. The predicted octanol–water partition coefficient (Wildman–Crippen LogP) is 3.50. The minimum atomic E-state index is -3.82. The van der Waals surface area contributed by atoms with Gasteiger partial charge in [-0.15, -0.1) is 0 Å². The molecule has 0 unspecified atom stereocenters. The molecule has 2 aliphatic rings. The third kappa shape index (κ3) is 6.80. The Morgan fingerprint density at radius 3 is 2.55 bits per heavy atom. The number of hydrogen-bond acceptors (Lipinski definition) is 8. The normalized spacial score (nSPS) is 19.4. The van der Waals surface area contributed by atoms with Crippen LogP contribution in [-0.2, 0) is 27.8 Å². The third-order valence-corrected chi connectivity index (χ3v) is 9.00. The van der Waals surface area contributed by atoms with Crippen LogP contribution in [0.2, 0.25) is 0 Å². The molecule has 2 heterocycles. The highest BCUT2D eigenvalue weighted by Crippen LogP contribution is 2.33. The van der Waals surface area contributed by atoms with Crippen molar-refractivity contribution in [2.75, 3.05) is 38.3 Å². The fourth-order valence-electron chi connectivity index (χ4n) is 5.25. The van der Waals surface area contributed by atoms with Crippen LogP contribution in [0.25, 0.3) is 0 Å². The van der Waals surface area contributed by atoms with Gasteiger partial charge in [-0.2, -0.15) is 0 Å². The molecule has 0 spiro atoms. The Labute approximate surface area is 246 Å². The van der Waals surface area contributed by atoms with Gasteiger partial charge in [0.25, 0.3) is 10.0 Å². The van der Waals surface area contributed by atoms with Gasteiger partial charge in [-0.3, -0.25) is 14.4 Å². The van der Waals surface area contributed by atoms with Crippen LogP contribution < -0.4 is 18.9 Å². The summed E-state index contributed by atoms with van der Waals surface area (Å²) in [5.74, 6) is 1.76. The van der Waals surface area contributed by atoms with Crippen molar-refractivity contribution in [1.82, 2.24) is 9.80 Å². The summed E-state index contributed by atoms with van der Waals surface area (Å²) in [7, 11) is -1.81. The third-order valence-electron chi connectivity index (χ3n) is 7.60. The maximum Gasteiger partial charge on any atom is 0.261 e. The molecule has 0 saturated carbocycles. The number of aliphatic hydroxyl groups is 1. The molecule has 3 aromatic carbocycles. The molecule has 1 amide bonds. The molecule has 2 N–H and O–H groups in total. The summed E-state index contributed by atoms with van der Waals surface area (Å²) >= 11 is 0. The highest BCUT2D eigenvalue weighted by atomic mass is 32.2. The van der Waals surface area contributed by atoms with Crippen LogP contribution in [0.4, 0.5) is 5.69 Å². The van der Waals surface area contributed by atoms with Gasteiger partial charge in [-0.25, -0.2) is 8.42 Å². The van der Waals surface area contributed by atoms with Gasteiger partial charge in [-0.05, 0) is 62.0 Å². The van der Waals surface area contributed by atoms with Gasteiger partial charge in [0.1, 0.15) is 11.9 Å². The van der Waals surface area contributed by atoms with Gasteiger partial charge in [0, 0.05) is 36.8 Å².